The molecule has 4 aromatic rings. The van der Waals surface area contributed by atoms with Crippen LogP contribution in [-0.4, -0.2) is 69.3 Å². The normalized spacial score (nSPS) is 14.8. The maximum atomic E-state index is 13.6. The summed E-state index contributed by atoms with van der Waals surface area (Å²) >= 11 is 0. The summed E-state index contributed by atoms with van der Waals surface area (Å²) in [5, 5.41) is 12.9. The van der Waals surface area contributed by atoms with Crippen LogP contribution in [0.1, 0.15) is 30.8 Å². The van der Waals surface area contributed by atoms with Crippen molar-refractivity contribution in [3.63, 3.8) is 0 Å². The molecule has 0 saturated carbocycles. The maximum absolute atomic E-state index is 13.6. The van der Waals surface area contributed by atoms with Crippen molar-refractivity contribution in [3.05, 3.63) is 66.6 Å². The Bertz CT molecular complexity index is 1370. The van der Waals surface area contributed by atoms with Gasteiger partial charge in [0.1, 0.15) is 22.9 Å². The third-order valence-electron chi connectivity index (χ3n) is 6.44. The second-order valence-electron chi connectivity index (χ2n) is 9.61. The monoisotopic (exact) mass is 500 g/mol. The van der Waals surface area contributed by atoms with Crippen molar-refractivity contribution in [2.45, 2.75) is 26.3 Å². The summed E-state index contributed by atoms with van der Waals surface area (Å²) in [6.45, 7) is 6.88. The molecule has 37 heavy (non-hydrogen) atoms. The largest absolute Gasteiger partial charge is 0.394 e. The summed E-state index contributed by atoms with van der Waals surface area (Å²) in [6, 6.07) is 15.0. The predicted molar refractivity (Wildman–Crippen MR) is 142 cm³/mol. The van der Waals surface area contributed by atoms with Crippen LogP contribution in [0.3, 0.4) is 0 Å². The molecule has 9 nitrogen and oxygen atoms in total. The molecular formula is C28H32N6O3. The van der Waals surface area contributed by atoms with Gasteiger partial charge in [0.05, 0.1) is 31.4 Å². The molecule has 5 rings (SSSR count). The number of carbonyl (C=O) groups is 1. The first-order chi connectivity index (χ1) is 18.0. The fourth-order valence-corrected chi connectivity index (χ4v) is 4.71. The maximum Gasteiger partial charge on any atom is 0.270 e. The molecule has 0 radical (unpaired) electrons. The highest BCUT2D eigenvalue weighted by molar-refractivity contribution is 6.00. The van der Waals surface area contributed by atoms with E-state index in [0.717, 1.165) is 30.0 Å². The summed E-state index contributed by atoms with van der Waals surface area (Å²) in [5.74, 6) is 1.42. The second-order valence-corrected chi connectivity index (χ2v) is 9.61. The molecule has 0 bridgehead atoms. The Morgan fingerprint density at radius 2 is 1.86 bits per heavy atom. The molecule has 1 fully saturated rings. The van der Waals surface area contributed by atoms with Crippen LogP contribution in [-0.2, 0) is 4.74 Å². The zero-order valence-electron chi connectivity index (χ0n) is 21.2. The Morgan fingerprint density at radius 3 is 2.59 bits per heavy atom. The van der Waals surface area contributed by atoms with Crippen molar-refractivity contribution in [2.24, 2.45) is 5.92 Å². The number of benzene rings is 1. The minimum absolute atomic E-state index is 0.130. The number of aromatic nitrogens is 4. The summed E-state index contributed by atoms with van der Waals surface area (Å²) in [6.07, 6.45) is 4.26. The number of nitrogens with zero attached hydrogens (tertiary/aromatic N) is 5. The number of pyridine rings is 1. The van der Waals surface area contributed by atoms with E-state index in [2.05, 4.69) is 29.0 Å². The van der Waals surface area contributed by atoms with Crippen LogP contribution in [0.4, 0.5) is 5.82 Å². The molecule has 0 spiro atoms. The van der Waals surface area contributed by atoms with Crippen LogP contribution in [0.2, 0.25) is 0 Å². The number of rotatable bonds is 8. The molecule has 1 saturated heterocycles. The van der Waals surface area contributed by atoms with Gasteiger partial charge in [-0.15, -0.1) is 0 Å². The van der Waals surface area contributed by atoms with Gasteiger partial charge < -0.3 is 20.1 Å². The second kappa shape index (κ2) is 11.1. The lowest BCUT2D eigenvalue weighted by atomic mass is 10.0. The van der Waals surface area contributed by atoms with E-state index in [1.54, 1.807) is 10.6 Å². The number of hydrogen-bond acceptors (Lipinski definition) is 7. The van der Waals surface area contributed by atoms with Gasteiger partial charge in [0.15, 0.2) is 5.82 Å². The molecule has 0 aliphatic carbocycles. The van der Waals surface area contributed by atoms with E-state index < -0.39 is 0 Å². The number of carbonyl (C=O) groups excluding carboxylic acids is 1. The average Bonchev–Trinajstić information content (AvgIpc) is 3.33. The van der Waals surface area contributed by atoms with E-state index in [4.69, 9.17) is 14.7 Å². The van der Waals surface area contributed by atoms with Crippen molar-refractivity contribution in [1.82, 2.24) is 24.7 Å². The van der Waals surface area contributed by atoms with Crippen LogP contribution in [0, 0.1) is 5.92 Å². The molecule has 1 amide bonds. The molecule has 1 atom stereocenters. The third kappa shape index (κ3) is 5.33. The smallest absolute Gasteiger partial charge is 0.270 e. The molecule has 4 heterocycles. The number of imidazole rings is 1. The summed E-state index contributed by atoms with van der Waals surface area (Å²) in [4.78, 5) is 30.2. The van der Waals surface area contributed by atoms with E-state index in [1.807, 2.05) is 54.7 Å². The van der Waals surface area contributed by atoms with E-state index in [-0.39, 0.29) is 18.6 Å². The lowest BCUT2D eigenvalue weighted by Crippen LogP contribution is -2.39. The van der Waals surface area contributed by atoms with Crippen molar-refractivity contribution in [2.75, 3.05) is 37.8 Å². The van der Waals surface area contributed by atoms with Gasteiger partial charge in [-0.1, -0.05) is 44.2 Å². The van der Waals surface area contributed by atoms with Crippen LogP contribution in [0.5, 0.6) is 0 Å². The fraction of sp³-hybridized carbons (Fsp3) is 0.357. The molecule has 192 valence electrons. The van der Waals surface area contributed by atoms with Gasteiger partial charge in [-0.2, -0.15) is 0 Å². The summed E-state index contributed by atoms with van der Waals surface area (Å²) in [7, 11) is 0. The first-order valence-electron chi connectivity index (χ1n) is 12.7. The zero-order chi connectivity index (χ0) is 25.8. The lowest BCUT2D eigenvalue weighted by Gasteiger charge is -2.27. The zero-order valence-corrected chi connectivity index (χ0v) is 21.2. The quantitative estimate of drug-likeness (QED) is 0.382. The first-order valence-corrected chi connectivity index (χ1v) is 12.7. The topological polar surface area (TPSA) is 105 Å². The average molecular weight is 501 g/mol. The van der Waals surface area contributed by atoms with Gasteiger partial charge in [-0.05, 0) is 30.5 Å². The molecule has 1 aliphatic rings. The standard InChI is InChI=1S/C28H32N6O3/c1-19(2)17-21(18-35)30-28(36)25-24(20-7-4-3-5-8-20)32-27-22(9-6-12-34(25)27)26-29-11-10-23(31-26)33-13-15-37-16-14-33/h3-12,19,21,35H,13-18H2,1-2H3,(H,30,36)/t21-/m0/s1. The van der Waals surface area contributed by atoms with Crippen molar-refractivity contribution >= 4 is 17.4 Å². The highest BCUT2D eigenvalue weighted by atomic mass is 16.5. The minimum Gasteiger partial charge on any atom is -0.394 e. The Kier molecular flexibility index (Phi) is 7.43. The van der Waals surface area contributed by atoms with Gasteiger partial charge in [0.2, 0.25) is 0 Å². The molecule has 3 aromatic heterocycles. The Hall–Kier alpha value is -3.82. The number of fused-ring (bicyclic) bond motifs is 1. The van der Waals surface area contributed by atoms with Crippen LogP contribution in [0.15, 0.2) is 60.9 Å². The number of anilines is 1. The van der Waals surface area contributed by atoms with Gasteiger partial charge in [0.25, 0.3) is 5.91 Å². The predicted octanol–water partition coefficient (Wildman–Crippen LogP) is 3.43. The number of ether oxygens (including phenoxy) is 1. The lowest BCUT2D eigenvalue weighted by molar-refractivity contribution is 0.0903. The van der Waals surface area contributed by atoms with Crippen molar-refractivity contribution in [3.8, 4) is 22.6 Å². The Morgan fingerprint density at radius 1 is 1.08 bits per heavy atom. The van der Waals surface area contributed by atoms with Crippen LogP contribution >= 0.6 is 0 Å². The van der Waals surface area contributed by atoms with Crippen LogP contribution in [0.25, 0.3) is 28.3 Å². The molecule has 1 aromatic carbocycles. The van der Waals surface area contributed by atoms with E-state index in [9.17, 15) is 9.90 Å². The van der Waals surface area contributed by atoms with Gasteiger partial charge in [0, 0.05) is 31.0 Å². The SMILES string of the molecule is CC(C)C[C@@H](CO)NC(=O)c1c(-c2ccccc2)nc2c(-c3nccc(N4CCOCC4)n3)cccn12. The number of nitrogens with one attached hydrogen (secondary N) is 1. The molecule has 1 aliphatic heterocycles. The Balaban J connectivity index is 1.61. The van der Waals surface area contributed by atoms with Crippen molar-refractivity contribution in [1.29, 1.82) is 0 Å². The van der Waals surface area contributed by atoms with Crippen molar-refractivity contribution < 1.29 is 14.6 Å². The van der Waals surface area contributed by atoms with E-state index in [1.165, 1.54) is 0 Å². The molecule has 0 unspecified atom stereocenters. The van der Waals surface area contributed by atoms with Gasteiger partial charge in [-0.25, -0.2) is 15.0 Å². The number of aliphatic hydroxyl groups is 1. The van der Waals surface area contributed by atoms with E-state index in [0.29, 0.717) is 48.4 Å². The minimum atomic E-state index is -0.349. The highest BCUT2D eigenvalue weighted by Crippen LogP contribution is 2.30. The number of amides is 1. The highest BCUT2D eigenvalue weighted by Gasteiger charge is 2.25. The molecule has 2 N–H and O–H groups in total. The first kappa shape index (κ1) is 24.9. The summed E-state index contributed by atoms with van der Waals surface area (Å²) < 4.78 is 7.27. The van der Waals surface area contributed by atoms with E-state index >= 15 is 0 Å². The third-order valence-corrected chi connectivity index (χ3v) is 6.44. The number of hydrogen-bond donors (Lipinski definition) is 2. The van der Waals surface area contributed by atoms with Gasteiger partial charge in [-0.3, -0.25) is 9.20 Å². The van der Waals surface area contributed by atoms with Crippen LogP contribution < -0.4 is 10.2 Å². The fourth-order valence-electron chi connectivity index (χ4n) is 4.71. The van der Waals surface area contributed by atoms with Gasteiger partial charge >= 0.3 is 0 Å². The number of morpholine rings is 1. The Labute approximate surface area is 216 Å². The molecule has 9 heteroatoms. The summed E-state index contributed by atoms with van der Waals surface area (Å²) in [5.41, 5.74) is 3.13. The number of aliphatic hydroxyl groups excluding tert-OH is 1. The molecular weight excluding hydrogens is 468 g/mol.